The number of carbonyl (C=O) groups excluding carboxylic acids is 1. The van der Waals surface area contributed by atoms with Gasteiger partial charge in [-0.25, -0.2) is 4.79 Å². The van der Waals surface area contributed by atoms with Gasteiger partial charge in [-0.15, -0.1) is 0 Å². The van der Waals surface area contributed by atoms with Crippen LogP contribution < -0.4 is 15.4 Å². The topological polar surface area (TPSA) is 59.6 Å². The number of amides is 2. The Labute approximate surface area is 132 Å². The molecule has 1 aliphatic heterocycles. The van der Waals surface area contributed by atoms with Crippen LogP contribution in [0.3, 0.4) is 0 Å². The number of hydrogen-bond acceptors (Lipinski definition) is 3. The molecule has 0 unspecified atom stereocenters. The van der Waals surface area contributed by atoms with Crippen molar-refractivity contribution in [2.24, 2.45) is 0 Å². The van der Waals surface area contributed by atoms with E-state index in [2.05, 4.69) is 22.8 Å². The number of ether oxygens (including phenoxy) is 2. The molecule has 1 aromatic carbocycles. The Morgan fingerprint density at radius 2 is 2.18 bits per heavy atom. The minimum absolute atomic E-state index is 0.0593. The summed E-state index contributed by atoms with van der Waals surface area (Å²) in [4.78, 5) is 11.8. The molecule has 5 heteroatoms. The molecule has 122 valence electrons. The van der Waals surface area contributed by atoms with Crippen molar-refractivity contribution in [3.05, 3.63) is 29.8 Å². The molecule has 1 saturated heterocycles. The summed E-state index contributed by atoms with van der Waals surface area (Å²) >= 11 is 0. The second-order valence-electron chi connectivity index (χ2n) is 5.69. The summed E-state index contributed by atoms with van der Waals surface area (Å²) in [5, 5.41) is 5.84. The highest BCUT2D eigenvalue weighted by molar-refractivity contribution is 5.74. The Bertz CT molecular complexity index is 455. The number of hydrogen-bond donors (Lipinski definition) is 2. The minimum Gasteiger partial charge on any atom is -0.497 e. The van der Waals surface area contributed by atoms with Gasteiger partial charge in [-0.1, -0.05) is 12.1 Å². The van der Waals surface area contributed by atoms with Crippen molar-refractivity contribution in [3.8, 4) is 5.75 Å². The maximum absolute atomic E-state index is 11.8. The predicted octanol–water partition coefficient (Wildman–Crippen LogP) is 2.49. The Kier molecular flexibility index (Phi) is 6.52. The fourth-order valence-corrected chi connectivity index (χ4v) is 2.63. The van der Waals surface area contributed by atoms with Gasteiger partial charge >= 0.3 is 6.03 Å². The van der Waals surface area contributed by atoms with Crippen LogP contribution in [0.25, 0.3) is 0 Å². The Balaban J connectivity index is 1.60. The van der Waals surface area contributed by atoms with Crippen LogP contribution in [0.15, 0.2) is 24.3 Å². The molecule has 1 aromatic rings. The van der Waals surface area contributed by atoms with Crippen LogP contribution in [-0.4, -0.2) is 38.4 Å². The first-order valence-electron chi connectivity index (χ1n) is 7.98. The molecule has 1 heterocycles. The SMILES string of the molecule is COc1ccc(CCCNC(=O)N[C@H](C)[C@@H]2CCCO2)cc1. The average molecular weight is 306 g/mol. The summed E-state index contributed by atoms with van der Waals surface area (Å²) in [5.74, 6) is 0.865. The number of rotatable bonds is 7. The lowest BCUT2D eigenvalue weighted by atomic mass is 10.1. The van der Waals surface area contributed by atoms with Crippen LogP contribution in [0, 0.1) is 0 Å². The van der Waals surface area contributed by atoms with E-state index in [0.29, 0.717) is 6.54 Å². The van der Waals surface area contributed by atoms with Crippen molar-refractivity contribution in [1.29, 1.82) is 0 Å². The molecule has 1 aliphatic rings. The van der Waals surface area contributed by atoms with Crippen LogP contribution in [0.1, 0.15) is 31.7 Å². The van der Waals surface area contributed by atoms with Gasteiger partial charge in [0.1, 0.15) is 5.75 Å². The van der Waals surface area contributed by atoms with Crippen molar-refractivity contribution in [2.45, 2.75) is 44.8 Å². The summed E-state index contributed by atoms with van der Waals surface area (Å²) in [5.41, 5.74) is 1.25. The molecule has 0 saturated carbocycles. The molecule has 22 heavy (non-hydrogen) atoms. The van der Waals surface area contributed by atoms with Crippen molar-refractivity contribution in [1.82, 2.24) is 10.6 Å². The van der Waals surface area contributed by atoms with Crippen molar-refractivity contribution in [2.75, 3.05) is 20.3 Å². The van der Waals surface area contributed by atoms with Gasteiger partial charge in [0.25, 0.3) is 0 Å². The highest BCUT2D eigenvalue weighted by Crippen LogP contribution is 2.15. The molecule has 2 atom stereocenters. The molecule has 0 spiro atoms. The zero-order valence-corrected chi connectivity index (χ0v) is 13.4. The van der Waals surface area contributed by atoms with Crippen LogP contribution in [0.2, 0.25) is 0 Å². The Morgan fingerprint density at radius 1 is 1.41 bits per heavy atom. The van der Waals surface area contributed by atoms with Crippen molar-refractivity contribution in [3.63, 3.8) is 0 Å². The summed E-state index contributed by atoms with van der Waals surface area (Å²) in [6.07, 6.45) is 4.11. The number of urea groups is 1. The van der Waals surface area contributed by atoms with Gasteiger partial charge in [0, 0.05) is 13.2 Å². The quantitative estimate of drug-likeness (QED) is 0.761. The average Bonchev–Trinajstić information content (AvgIpc) is 3.06. The van der Waals surface area contributed by atoms with E-state index in [4.69, 9.17) is 9.47 Å². The van der Waals surface area contributed by atoms with E-state index >= 15 is 0 Å². The first-order valence-corrected chi connectivity index (χ1v) is 7.98. The number of carbonyl (C=O) groups is 1. The van der Waals surface area contributed by atoms with Gasteiger partial charge in [0.05, 0.1) is 19.3 Å². The standard InChI is InChI=1S/C17H26N2O3/c1-13(16-6-4-12-22-16)19-17(20)18-11-3-5-14-7-9-15(21-2)10-8-14/h7-10,13,16H,3-6,11-12H2,1-2H3,(H2,18,19,20)/t13-,16+/m1/s1. The molecule has 2 amide bonds. The van der Waals surface area contributed by atoms with Crippen molar-refractivity contribution >= 4 is 6.03 Å². The van der Waals surface area contributed by atoms with Gasteiger partial charge in [0.15, 0.2) is 0 Å². The van der Waals surface area contributed by atoms with Gasteiger partial charge < -0.3 is 20.1 Å². The fourth-order valence-electron chi connectivity index (χ4n) is 2.63. The number of methoxy groups -OCH3 is 1. The van der Waals surface area contributed by atoms with E-state index < -0.39 is 0 Å². The zero-order valence-electron chi connectivity index (χ0n) is 13.4. The van der Waals surface area contributed by atoms with Crippen LogP contribution in [0.5, 0.6) is 5.75 Å². The lowest BCUT2D eigenvalue weighted by molar-refractivity contribution is 0.0860. The molecule has 0 aliphatic carbocycles. The maximum atomic E-state index is 11.8. The van der Waals surface area contributed by atoms with Gasteiger partial charge in [0.2, 0.25) is 0 Å². The highest BCUT2D eigenvalue weighted by atomic mass is 16.5. The van der Waals surface area contributed by atoms with Crippen LogP contribution >= 0.6 is 0 Å². The lowest BCUT2D eigenvalue weighted by Gasteiger charge is -2.20. The third-order valence-corrected chi connectivity index (χ3v) is 3.97. The molecular formula is C17H26N2O3. The zero-order chi connectivity index (χ0) is 15.8. The summed E-state index contributed by atoms with van der Waals surface area (Å²) in [6.45, 7) is 3.46. The van der Waals surface area contributed by atoms with Gasteiger partial charge in [-0.2, -0.15) is 0 Å². The maximum Gasteiger partial charge on any atom is 0.315 e. The number of benzene rings is 1. The second-order valence-corrected chi connectivity index (χ2v) is 5.69. The summed E-state index contributed by atoms with van der Waals surface area (Å²) in [7, 11) is 1.66. The van der Waals surface area contributed by atoms with E-state index in [1.54, 1.807) is 7.11 Å². The van der Waals surface area contributed by atoms with E-state index in [-0.39, 0.29) is 18.2 Å². The first kappa shape index (κ1) is 16.6. The van der Waals surface area contributed by atoms with Gasteiger partial charge in [-0.3, -0.25) is 0 Å². The molecule has 5 nitrogen and oxygen atoms in total. The molecule has 0 bridgehead atoms. The van der Waals surface area contributed by atoms with Crippen LogP contribution in [-0.2, 0) is 11.2 Å². The second kappa shape index (κ2) is 8.63. The third kappa shape index (κ3) is 5.22. The molecule has 0 radical (unpaired) electrons. The molecular weight excluding hydrogens is 280 g/mol. The fraction of sp³-hybridized carbons (Fsp3) is 0.588. The first-order chi connectivity index (χ1) is 10.7. The Morgan fingerprint density at radius 3 is 2.82 bits per heavy atom. The van der Waals surface area contributed by atoms with Crippen LogP contribution in [0.4, 0.5) is 4.79 Å². The van der Waals surface area contributed by atoms with Crippen molar-refractivity contribution < 1.29 is 14.3 Å². The normalized spacial score (nSPS) is 18.7. The van der Waals surface area contributed by atoms with E-state index in [9.17, 15) is 4.79 Å². The van der Waals surface area contributed by atoms with E-state index in [0.717, 1.165) is 38.0 Å². The summed E-state index contributed by atoms with van der Waals surface area (Å²) in [6, 6.07) is 7.97. The smallest absolute Gasteiger partial charge is 0.315 e. The largest absolute Gasteiger partial charge is 0.497 e. The lowest BCUT2D eigenvalue weighted by Crippen LogP contribution is -2.46. The third-order valence-electron chi connectivity index (χ3n) is 3.97. The molecule has 0 aromatic heterocycles. The van der Waals surface area contributed by atoms with E-state index in [1.165, 1.54) is 5.56 Å². The van der Waals surface area contributed by atoms with E-state index in [1.807, 2.05) is 19.1 Å². The number of nitrogens with one attached hydrogen (secondary N) is 2. The van der Waals surface area contributed by atoms with Gasteiger partial charge in [-0.05, 0) is 50.3 Å². The molecule has 2 N–H and O–H groups in total. The molecule has 1 fully saturated rings. The summed E-state index contributed by atoms with van der Waals surface area (Å²) < 4.78 is 10.7. The Hall–Kier alpha value is -1.75. The number of aryl methyl sites for hydroxylation is 1. The monoisotopic (exact) mass is 306 g/mol. The minimum atomic E-state index is -0.113. The highest BCUT2D eigenvalue weighted by Gasteiger charge is 2.23. The molecule has 2 rings (SSSR count). The predicted molar refractivity (Wildman–Crippen MR) is 86.3 cm³/mol.